The van der Waals surface area contributed by atoms with Crippen molar-refractivity contribution in [1.82, 2.24) is 19.7 Å². The second-order valence-electron chi connectivity index (χ2n) is 4.98. The van der Waals surface area contributed by atoms with Crippen molar-refractivity contribution in [3.8, 4) is 22.6 Å². The molecule has 3 aromatic rings. The van der Waals surface area contributed by atoms with Gasteiger partial charge in [0.05, 0.1) is 11.9 Å². The number of nitrogens with one attached hydrogen (secondary N) is 1. The van der Waals surface area contributed by atoms with E-state index >= 15 is 0 Å². The van der Waals surface area contributed by atoms with Gasteiger partial charge in [0.1, 0.15) is 5.82 Å². The highest BCUT2D eigenvalue weighted by molar-refractivity contribution is 5.66. The van der Waals surface area contributed by atoms with Gasteiger partial charge in [-0.2, -0.15) is 5.10 Å². The van der Waals surface area contributed by atoms with Crippen LogP contribution in [0.4, 0.5) is 5.82 Å². The van der Waals surface area contributed by atoms with Gasteiger partial charge in [-0.05, 0) is 6.92 Å². The fourth-order valence-electron chi connectivity index (χ4n) is 2.11. The molecule has 1 aromatic carbocycles. The quantitative estimate of drug-likeness (QED) is 0.801. The van der Waals surface area contributed by atoms with Gasteiger partial charge in [0.2, 0.25) is 0 Å². The molecule has 0 amide bonds. The van der Waals surface area contributed by atoms with E-state index in [1.807, 2.05) is 38.5 Å². The monoisotopic (exact) mass is 279 g/mol. The van der Waals surface area contributed by atoms with Crippen molar-refractivity contribution >= 4 is 5.82 Å². The minimum atomic E-state index is 0.709. The first-order valence-corrected chi connectivity index (χ1v) is 6.78. The molecule has 2 aromatic heterocycles. The predicted molar refractivity (Wildman–Crippen MR) is 84.0 cm³/mol. The normalized spacial score (nSPS) is 10.6. The van der Waals surface area contributed by atoms with Crippen LogP contribution in [0.15, 0.2) is 42.7 Å². The summed E-state index contributed by atoms with van der Waals surface area (Å²) < 4.78 is 1.77. The smallest absolute Gasteiger partial charge is 0.162 e. The van der Waals surface area contributed by atoms with E-state index in [1.54, 1.807) is 10.9 Å². The Hall–Kier alpha value is -2.69. The minimum absolute atomic E-state index is 0.709. The van der Waals surface area contributed by atoms with Gasteiger partial charge in [0, 0.05) is 37.5 Å². The third-order valence-electron chi connectivity index (χ3n) is 3.29. The second kappa shape index (κ2) is 5.36. The van der Waals surface area contributed by atoms with E-state index in [0.29, 0.717) is 5.82 Å². The number of benzene rings is 1. The van der Waals surface area contributed by atoms with E-state index in [2.05, 4.69) is 39.4 Å². The maximum atomic E-state index is 4.66. The van der Waals surface area contributed by atoms with E-state index in [9.17, 15) is 0 Å². The average molecular weight is 279 g/mol. The van der Waals surface area contributed by atoms with Crippen molar-refractivity contribution in [2.45, 2.75) is 6.92 Å². The maximum Gasteiger partial charge on any atom is 0.162 e. The van der Waals surface area contributed by atoms with Gasteiger partial charge in [0.15, 0.2) is 5.82 Å². The SMILES string of the molecule is CNc1cc(-c2cnn(C)c2)nc(-c2ccc(C)cc2)n1. The summed E-state index contributed by atoms with van der Waals surface area (Å²) in [6.45, 7) is 2.07. The highest BCUT2D eigenvalue weighted by Crippen LogP contribution is 2.24. The first kappa shape index (κ1) is 13.3. The molecular formula is C16H17N5. The van der Waals surface area contributed by atoms with Crippen molar-refractivity contribution < 1.29 is 0 Å². The average Bonchev–Trinajstić information content (AvgIpc) is 2.94. The summed E-state index contributed by atoms with van der Waals surface area (Å²) in [5.41, 5.74) is 4.06. The van der Waals surface area contributed by atoms with Crippen molar-refractivity contribution in [3.63, 3.8) is 0 Å². The Morgan fingerprint density at radius 1 is 1.05 bits per heavy atom. The molecule has 0 spiro atoms. The zero-order valence-electron chi connectivity index (χ0n) is 12.3. The summed E-state index contributed by atoms with van der Waals surface area (Å²) in [5.74, 6) is 1.50. The van der Waals surface area contributed by atoms with Crippen molar-refractivity contribution in [1.29, 1.82) is 0 Å². The molecule has 5 heteroatoms. The molecule has 5 nitrogen and oxygen atoms in total. The second-order valence-corrected chi connectivity index (χ2v) is 4.98. The minimum Gasteiger partial charge on any atom is -0.373 e. The van der Waals surface area contributed by atoms with Crippen LogP contribution >= 0.6 is 0 Å². The van der Waals surface area contributed by atoms with Crippen LogP contribution in [0, 0.1) is 6.92 Å². The molecule has 106 valence electrons. The highest BCUT2D eigenvalue weighted by Gasteiger charge is 2.09. The molecule has 0 unspecified atom stereocenters. The molecule has 21 heavy (non-hydrogen) atoms. The molecule has 2 heterocycles. The molecule has 0 saturated heterocycles. The van der Waals surface area contributed by atoms with Crippen LogP contribution in [0.1, 0.15) is 5.56 Å². The Morgan fingerprint density at radius 3 is 2.43 bits per heavy atom. The van der Waals surface area contributed by atoms with Crippen molar-refractivity contribution in [3.05, 3.63) is 48.3 Å². The summed E-state index contributed by atoms with van der Waals surface area (Å²) in [6, 6.07) is 10.1. The van der Waals surface area contributed by atoms with Gasteiger partial charge in [0.25, 0.3) is 0 Å². The Bertz CT molecular complexity index is 759. The zero-order chi connectivity index (χ0) is 14.8. The largest absolute Gasteiger partial charge is 0.373 e. The van der Waals surface area contributed by atoms with Crippen LogP contribution in [-0.2, 0) is 7.05 Å². The number of rotatable bonds is 3. The van der Waals surface area contributed by atoms with Crippen LogP contribution in [0.25, 0.3) is 22.6 Å². The van der Waals surface area contributed by atoms with Gasteiger partial charge < -0.3 is 5.32 Å². The van der Waals surface area contributed by atoms with Gasteiger partial charge >= 0.3 is 0 Å². The van der Waals surface area contributed by atoms with Crippen LogP contribution < -0.4 is 5.32 Å². The van der Waals surface area contributed by atoms with Gasteiger partial charge in [-0.15, -0.1) is 0 Å². The third kappa shape index (κ3) is 2.76. The number of hydrogen-bond donors (Lipinski definition) is 1. The van der Waals surface area contributed by atoms with Gasteiger partial charge in [-0.1, -0.05) is 29.8 Å². The third-order valence-corrected chi connectivity index (χ3v) is 3.29. The molecule has 0 radical (unpaired) electrons. The van der Waals surface area contributed by atoms with Crippen molar-refractivity contribution in [2.24, 2.45) is 7.05 Å². The molecule has 0 fully saturated rings. The topological polar surface area (TPSA) is 55.6 Å². The molecule has 0 atom stereocenters. The Kier molecular flexibility index (Phi) is 3.39. The van der Waals surface area contributed by atoms with Crippen LogP contribution in [0.3, 0.4) is 0 Å². The van der Waals surface area contributed by atoms with Gasteiger partial charge in [-0.3, -0.25) is 4.68 Å². The molecule has 0 bridgehead atoms. The lowest BCUT2D eigenvalue weighted by Gasteiger charge is -2.07. The van der Waals surface area contributed by atoms with Crippen LogP contribution in [0.2, 0.25) is 0 Å². The summed E-state index contributed by atoms with van der Waals surface area (Å²) in [6.07, 6.45) is 3.75. The molecule has 0 aliphatic rings. The lowest BCUT2D eigenvalue weighted by molar-refractivity contribution is 0.768. The summed E-state index contributed by atoms with van der Waals surface area (Å²) in [4.78, 5) is 9.20. The van der Waals surface area contributed by atoms with E-state index in [-0.39, 0.29) is 0 Å². The Labute approximate surface area is 123 Å². The molecule has 0 aliphatic carbocycles. The maximum absolute atomic E-state index is 4.66. The Morgan fingerprint density at radius 2 is 1.81 bits per heavy atom. The van der Waals surface area contributed by atoms with Gasteiger partial charge in [-0.25, -0.2) is 9.97 Å². The van der Waals surface area contributed by atoms with E-state index in [4.69, 9.17) is 0 Å². The predicted octanol–water partition coefficient (Wildman–Crippen LogP) is 2.89. The molecule has 1 N–H and O–H groups in total. The summed E-state index contributed by atoms with van der Waals surface area (Å²) >= 11 is 0. The van der Waals surface area contributed by atoms with E-state index in [1.165, 1.54) is 5.56 Å². The number of aromatic nitrogens is 4. The van der Waals surface area contributed by atoms with E-state index < -0.39 is 0 Å². The summed E-state index contributed by atoms with van der Waals surface area (Å²) in [5, 5.41) is 7.29. The lowest BCUT2D eigenvalue weighted by atomic mass is 10.1. The van der Waals surface area contributed by atoms with Crippen LogP contribution in [0.5, 0.6) is 0 Å². The Balaban J connectivity index is 2.10. The number of hydrogen-bond acceptors (Lipinski definition) is 4. The first-order valence-electron chi connectivity index (χ1n) is 6.78. The van der Waals surface area contributed by atoms with E-state index in [0.717, 1.165) is 22.6 Å². The van der Waals surface area contributed by atoms with Crippen molar-refractivity contribution in [2.75, 3.05) is 12.4 Å². The molecule has 0 saturated carbocycles. The molecule has 3 rings (SSSR count). The lowest BCUT2D eigenvalue weighted by Crippen LogP contribution is -1.98. The molecule has 0 aliphatic heterocycles. The highest BCUT2D eigenvalue weighted by atomic mass is 15.2. The standard InChI is InChI=1S/C16H17N5/c1-11-4-6-12(7-5-11)16-19-14(8-15(17-2)20-16)13-9-18-21(3)10-13/h4-10H,1-3H3,(H,17,19,20). The number of aryl methyl sites for hydroxylation is 2. The summed E-state index contributed by atoms with van der Waals surface area (Å²) in [7, 11) is 3.75. The molecular weight excluding hydrogens is 262 g/mol. The number of nitrogens with zero attached hydrogens (tertiary/aromatic N) is 4. The number of anilines is 1. The zero-order valence-corrected chi connectivity index (χ0v) is 12.3. The fourth-order valence-corrected chi connectivity index (χ4v) is 2.11. The van der Waals surface area contributed by atoms with Crippen LogP contribution in [-0.4, -0.2) is 26.8 Å². The fraction of sp³-hybridized carbons (Fsp3) is 0.188. The first-order chi connectivity index (χ1) is 10.2.